The summed E-state index contributed by atoms with van der Waals surface area (Å²) in [7, 11) is 0. The SMILES string of the molecule is CCC1OCCC1CNCC(=O)NC(C)(C)C. The molecule has 0 aromatic rings. The van der Waals surface area contributed by atoms with Crippen LogP contribution in [0.15, 0.2) is 0 Å². The lowest BCUT2D eigenvalue weighted by atomic mass is 10.00. The molecular formula is C13H26N2O2. The highest BCUT2D eigenvalue weighted by atomic mass is 16.5. The molecule has 2 N–H and O–H groups in total. The molecular weight excluding hydrogens is 216 g/mol. The summed E-state index contributed by atoms with van der Waals surface area (Å²) in [6, 6.07) is 0. The lowest BCUT2D eigenvalue weighted by molar-refractivity contribution is -0.121. The zero-order chi connectivity index (χ0) is 12.9. The molecule has 0 bridgehead atoms. The molecule has 2 atom stereocenters. The summed E-state index contributed by atoms with van der Waals surface area (Å²) in [5.41, 5.74) is -0.152. The Hall–Kier alpha value is -0.610. The molecule has 1 aliphatic rings. The van der Waals surface area contributed by atoms with Crippen LogP contribution in [-0.4, -0.2) is 37.2 Å². The Bertz CT molecular complexity index is 248. The second-order valence-corrected chi connectivity index (χ2v) is 5.80. The molecule has 0 saturated carbocycles. The number of nitrogens with one attached hydrogen (secondary N) is 2. The van der Waals surface area contributed by atoms with Gasteiger partial charge in [-0.15, -0.1) is 0 Å². The number of rotatable bonds is 5. The molecule has 1 aliphatic heterocycles. The average Bonchev–Trinajstić information content (AvgIpc) is 2.62. The molecule has 0 radical (unpaired) electrons. The molecule has 1 amide bonds. The minimum atomic E-state index is -0.152. The van der Waals surface area contributed by atoms with E-state index in [2.05, 4.69) is 17.6 Å². The van der Waals surface area contributed by atoms with Gasteiger partial charge in [-0.1, -0.05) is 6.92 Å². The third kappa shape index (κ3) is 5.50. The van der Waals surface area contributed by atoms with E-state index in [-0.39, 0.29) is 11.4 Å². The number of amides is 1. The van der Waals surface area contributed by atoms with E-state index in [0.717, 1.165) is 26.0 Å². The largest absolute Gasteiger partial charge is 0.378 e. The van der Waals surface area contributed by atoms with Crippen LogP contribution in [0.1, 0.15) is 40.5 Å². The summed E-state index contributed by atoms with van der Waals surface area (Å²) in [6.07, 6.45) is 2.53. The van der Waals surface area contributed by atoms with Gasteiger partial charge in [0.25, 0.3) is 0 Å². The van der Waals surface area contributed by atoms with Crippen molar-refractivity contribution in [3.8, 4) is 0 Å². The predicted molar refractivity (Wildman–Crippen MR) is 68.9 cm³/mol. The molecule has 0 aromatic heterocycles. The monoisotopic (exact) mass is 242 g/mol. The zero-order valence-electron chi connectivity index (χ0n) is 11.5. The van der Waals surface area contributed by atoms with Crippen molar-refractivity contribution in [2.45, 2.75) is 52.2 Å². The lowest BCUT2D eigenvalue weighted by Crippen LogP contribution is -2.45. The second kappa shape index (κ2) is 6.36. The topological polar surface area (TPSA) is 50.4 Å². The maximum Gasteiger partial charge on any atom is 0.234 e. The Kier molecular flexibility index (Phi) is 5.40. The molecule has 0 aromatic carbocycles. The quantitative estimate of drug-likeness (QED) is 0.764. The summed E-state index contributed by atoms with van der Waals surface area (Å²) >= 11 is 0. The molecule has 17 heavy (non-hydrogen) atoms. The Morgan fingerprint density at radius 2 is 2.12 bits per heavy atom. The van der Waals surface area contributed by atoms with Gasteiger partial charge in [0.2, 0.25) is 5.91 Å². The number of carbonyl (C=O) groups is 1. The molecule has 1 fully saturated rings. The third-order valence-electron chi connectivity index (χ3n) is 2.96. The summed E-state index contributed by atoms with van der Waals surface area (Å²) in [5.74, 6) is 0.618. The van der Waals surface area contributed by atoms with E-state index in [1.165, 1.54) is 0 Å². The molecule has 4 nitrogen and oxygen atoms in total. The molecule has 0 aliphatic carbocycles. The standard InChI is InChI=1S/C13H26N2O2/c1-5-11-10(6-7-17-11)8-14-9-12(16)15-13(2,3)4/h10-11,14H,5-9H2,1-4H3,(H,15,16). The van der Waals surface area contributed by atoms with Gasteiger partial charge in [-0.05, 0) is 39.5 Å². The first-order valence-electron chi connectivity index (χ1n) is 6.55. The minimum Gasteiger partial charge on any atom is -0.378 e. The molecule has 4 heteroatoms. The van der Waals surface area contributed by atoms with Crippen LogP contribution in [-0.2, 0) is 9.53 Å². The zero-order valence-corrected chi connectivity index (χ0v) is 11.5. The first kappa shape index (κ1) is 14.5. The molecule has 0 spiro atoms. The highest BCUT2D eigenvalue weighted by Gasteiger charge is 2.26. The van der Waals surface area contributed by atoms with Crippen molar-refractivity contribution in [3.05, 3.63) is 0 Å². The fraction of sp³-hybridized carbons (Fsp3) is 0.923. The first-order chi connectivity index (χ1) is 7.92. The van der Waals surface area contributed by atoms with E-state index >= 15 is 0 Å². The summed E-state index contributed by atoms with van der Waals surface area (Å²) in [6.45, 7) is 10.2. The highest BCUT2D eigenvalue weighted by Crippen LogP contribution is 2.22. The molecule has 1 heterocycles. The van der Waals surface area contributed by atoms with Crippen molar-refractivity contribution < 1.29 is 9.53 Å². The van der Waals surface area contributed by atoms with Crippen molar-refractivity contribution in [1.82, 2.24) is 10.6 Å². The van der Waals surface area contributed by atoms with Crippen molar-refractivity contribution in [1.29, 1.82) is 0 Å². The summed E-state index contributed by atoms with van der Waals surface area (Å²) in [5, 5.41) is 6.16. The molecule has 1 saturated heterocycles. The molecule has 1 rings (SSSR count). The normalized spacial score (nSPS) is 24.9. The van der Waals surface area contributed by atoms with Crippen molar-refractivity contribution >= 4 is 5.91 Å². The number of hydrogen-bond donors (Lipinski definition) is 2. The van der Waals surface area contributed by atoms with Crippen LogP contribution < -0.4 is 10.6 Å². The fourth-order valence-electron chi connectivity index (χ4n) is 2.21. The van der Waals surface area contributed by atoms with Gasteiger partial charge in [-0.25, -0.2) is 0 Å². The Morgan fingerprint density at radius 3 is 2.71 bits per heavy atom. The lowest BCUT2D eigenvalue weighted by Gasteiger charge is -2.21. The van der Waals surface area contributed by atoms with Gasteiger partial charge in [0.15, 0.2) is 0 Å². The maximum atomic E-state index is 11.6. The van der Waals surface area contributed by atoms with Gasteiger partial charge in [0, 0.05) is 18.7 Å². The van der Waals surface area contributed by atoms with Gasteiger partial charge in [-0.3, -0.25) is 4.79 Å². The average molecular weight is 242 g/mol. The van der Waals surface area contributed by atoms with Gasteiger partial charge >= 0.3 is 0 Å². The molecule has 2 unspecified atom stereocenters. The number of hydrogen-bond acceptors (Lipinski definition) is 3. The Morgan fingerprint density at radius 1 is 1.41 bits per heavy atom. The number of carbonyl (C=O) groups excluding carboxylic acids is 1. The molecule has 100 valence electrons. The van der Waals surface area contributed by atoms with E-state index in [1.54, 1.807) is 0 Å². The third-order valence-corrected chi connectivity index (χ3v) is 2.96. The van der Waals surface area contributed by atoms with Crippen molar-refractivity contribution in [2.24, 2.45) is 5.92 Å². The smallest absolute Gasteiger partial charge is 0.234 e. The Balaban J connectivity index is 2.17. The van der Waals surface area contributed by atoms with Crippen LogP contribution in [0, 0.1) is 5.92 Å². The van der Waals surface area contributed by atoms with E-state index in [4.69, 9.17) is 4.74 Å². The maximum absolute atomic E-state index is 11.6. The predicted octanol–water partition coefficient (Wildman–Crippen LogP) is 1.31. The van der Waals surface area contributed by atoms with Gasteiger partial charge in [-0.2, -0.15) is 0 Å². The fourth-order valence-corrected chi connectivity index (χ4v) is 2.21. The van der Waals surface area contributed by atoms with Gasteiger partial charge in [0.1, 0.15) is 0 Å². The summed E-state index contributed by atoms with van der Waals surface area (Å²) in [4.78, 5) is 11.6. The van der Waals surface area contributed by atoms with E-state index < -0.39 is 0 Å². The highest BCUT2D eigenvalue weighted by molar-refractivity contribution is 5.78. The van der Waals surface area contributed by atoms with Crippen LogP contribution in [0.2, 0.25) is 0 Å². The van der Waals surface area contributed by atoms with Gasteiger partial charge < -0.3 is 15.4 Å². The van der Waals surface area contributed by atoms with E-state index in [1.807, 2.05) is 20.8 Å². The van der Waals surface area contributed by atoms with Crippen LogP contribution in [0.3, 0.4) is 0 Å². The van der Waals surface area contributed by atoms with Crippen molar-refractivity contribution in [3.63, 3.8) is 0 Å². The van der Waals surface area contributed by atoms with Gasteiger partial charge in [0.05, 0.1) is 12.6 Å². The van der Waals surface area contributed by atoms with E-state index in [0.29, 0.717) is 18.6 Å². The Labute approximate surface area is 104 Å². The van der Waals surface area contributed by atoms with Crippen molar-refractivity contribution in [2.75, 3.05) is 19.7 Å². The number of ether oxygens (including phenoxy) is 1. The van der Waals surface area contributed by atoms with Crippen LogP contribution in [0.4, 0.5) is 0 Å². The first-order valence-corrected chi connectivity index (χ1v) is 6.55. The van der Waals surface area contributed by atoms with E-state index in [9.17, 15) is 4.79 Å². The van der Waals surface area contributed by atoms with Crippen LogP contribution in [0.25, 0.3) is 0 Å². The minimum absolute atomic E-state index is 0.0597. The van der Waals surface area contributed by atoms with Crippen LogP contribution >= 0.6 is 0 Å². The van der Waals surface area contributed by atoms with Crippen LogP contribution in [0.5, 0.6) is 0 Å². The summed E-state index contributed by atoms with van der Waals surface area (Å²) < 4.78 is 5.61. The second-order valence-electron chi connectivity index (χ2n) is 5.80.